The average Bonchev–Trinajstić information content (AvgIpc) is 2.81. The van der Waals surface area contributed by atoms with Gasteiger partial charge in [0, 0.05) is 50.6 Å². The largest absolute Gasteiger partial charge is 0.378 e. The van der Waals surface area contributed by atoms with Crippen LogP contribution in [0.5, 0.6) is 0 Å². The molecule has 0 spiro atoms. The minimum absolute atomic E-state index is 0.137. The third-order valence-electron chi connectivity index (χ3n) is 6.03. The molecule has 2 saturated heterocycles. The molecule has 0 saturated carbocycles. The van der Waals surface area contributed by atoms with Crippen LogP contribution in [-0.4, -0.2) is 80.1 Å². The molecule has 0 bridgehead atoms. The van der Waals surface area contributed by atoms with Crippen molar-refractivity contribution in [2.45, 2.75) is 12.6 Å². The van der Waals surface area contributed by atoms with Crippen LogP contribution in [0.1, 0.15) is 5.56 Å². The molecular weight excluding hydrogens is 406 g/mol. The maximum absolute atomic E-state index is 12.7. The fraction of sp³-hybridized carbons (Fsp3) is 0.417. The van der Waals surface area contributed by atoms with Crippen LogP contribution in [0, 0.1) is 0 Å². The van der Waals surface area contributed by atoms with Crippen molar-refractivity contribution in [2.75, 3.05) is 62.7 Å². The minimum atomic E-state index is -0.484. The first kappa shape index (κ1) is 22.3. The maximum atomic E-state index is 12.7. The summed E-state index contributed by atoms with van der Waals surface area (Å²) >= 11 is 0. The lowest BCUT2D eigenvalue weighted by molar-refractivity contribution is -0.127. The molecule has 1 atom stereocenters. The zero-order valence-corrected chi connectivity index (χ0v) is 18.3. The molecule has 170 valence electrons. The second-order valence-corrected chi connectivity index (χ2v) is 8.30. The van der Waals surface area contributed by atoms with Crippen LogP contribution >= 0.6 is 0 Å². The summed E-state index contributed by atoms with van der Waals surface area (Å²) in [6.07, 6.45) is 0. The molecule has 2 aromatic carbocycles. The number of rotatable bonds is 7. The van der Waals surface area contributed by atoms with E-state index in [9.17, 15) is 9.59 Å². The van der Waals surface area contributed by atoms with Crippen molar-refractivity contribution in [3.63, 3.8) is 0 Å². The Kier molecular flexibility index (Phi) is 7.36. The molecule has 2 fully saturated rings. The second kappa shape index (κ2) is 10.6. The zero-order chi connectivity index (χ0) is 22.3. The van der Waals surface area contributed by atoms with Gasteiger partial charge in [0.15, 0.2) is 0 Å². The standard InChI is InChI=1S/C24H31N5O3/c25-24(31)22-17-27(16-19-4-2-1-3-5-19)10-11-29(22)18-23(30)26-20-6-8-21(9-7-20)28-12-14-32-15-13-28/h1-9,22H,10-18H2,(H2,25,31)(H,26,30). The third-order valence-corrected chi connectivity index (χ3v) is 6.03. The van der Waals surface area contributed by atoms with Crippen LogP contribution in [0.3, 0.4) is 0 Å². The molecule has 2 aliphatic rings. The van der Waals surface area contributed by atoms with Gasteiger partial charge in [0.25, 0.3) is 0 Å². The molecule has 32 heavy (non-hydrogen) atoms. The number of primary amides is 1. The summed E-state index contributed by atoms with van der Waals surface area (Å²) in [5, 5.41) is 2.94. The zero-order valence-electron chi connectivity index (χ0n) is 18.3. The van der Waals surface area contributed by atoms with Crippen LogP contribution < -0.4 is 16.0 Å². The molecule has 0 aromatic heterocycles. The fourth-order valence-corrected chi connectivity index (χ4v) is 4.28. The molecule has 2 aromatic rings. The van der Waals surface area contributed by atoms with E-state index in [1.54, 1.807) is 0 Å². The molecule has 3 N–H and O–H groups in total. The SMILES string of the molecule is NC(=O)C1CN(Cc2ccccc2)CCN1CC(=O)Nc1ccc(N2CCOCC2)cc1. The van der Waals surface area contributed by atoms with Gasteiger partial charge in [-0.05, 0) is 29.8 Å². The maximum Gasteiger partial charge on any atom is 0.238 e. The van der Waals surface area contributed by atoms with Crippen molar-refractivity contribution in [1.29, 1.82) is 0 Å². The van der Waals surface area contributed by atoms with Crippen molar-refractivity contribution < 1.29 is 14.3 Å². The highest BCUT2D eigenvalue weighted by atomic mass is 16.5. The predicted molar refractivity (Wildman–Crippen MR) is 124 cm³/mol. The molecule has 4 rings (SSSR count). The van der Waals surface area contributed by atoms with E-state index in [1.165, 1.54) is 5.56 Å². The van der Waals surface area contributed by atoms with Crippen LogP contribution in [0.4, 0.5) is 11.4 Å². The Labute approximate surface area is 188 Å². The smallest absolute Gasteiger partial charge is 0.238 e. The lowest BCUT2D eigenvalue weighted by Gasteiger charge is -2.39. The van der Waals surface area contributed by atoms with Crippen LogP contribution in [0.25, 0.3) is 0 Å². The van der Waals surface area contributed by atoms with Crippen molar-refractivity contribution in [1.82, 2.24) is 9.80 Å². The van der Waals surface area contributed by atoms with Gasteiger partial charge >= 0.3 is 0 Å². The van der Waals surface area contributed by atoms with Gasteiger partial charge in [0.05, 0.1) is 19.8 Å². The van der Waals surface area contributed by atoms with E-state index in [2.05, 4.69) is 27.2 Å². The van der Waals surface area contributed by atoms with Gasteiger partial charge in [-0.15, -0.1) is 0 Å². The number of hydrogen-bond acceptors (Lipinski definition) is 6. The minimum Gasteiger partial charge on any atom is -0.378 e. The van der Waals surface area contributed by atoms with Gasteiger partial charge in [-0.25, -0.2) is 0 Å². The number of carbonyl (C=O) groups is 2. The average molecular weight is 438 g/mol. The number of piperazine rings is 1. The van der Waals surface area contributed by atoms with Gasteiger partial charge in [0.1, 0.15) is 6.04 Å². The monoisotopic (exact) mass is 437 g/mol. The van der Waals surface area contributed by atoms with Crippen molar-refractivity contribution in [2.24, 2.45) is 5.73 Å². The van der Waals surface area contributed by atoms with E-state index in [0.717, 1.165) is 50.8 Å². The Morgan fingerprint density at radius 2 is 1.69 bits per heavy atom. The first-order valence-electron chi connectivity index (χ1n) is 11.1. The van der Waals surface area contributed by atoms with Crippen molar-refractivity contribution in [3.05, 3.63) is 60.2 Å². The number of carbonyl (C=O) groups excluding carboxylic acids is 2. The topological polar surface area (TPSA) is 91.1 Å². The quantitative estimate of drug-likeness (QED) is 0.675. The Balaban J connectivity index is 1.30. The molecule has 8 heteroatoms. The molecule has 8 nitrogen and oxygen atoms in total. The highest BCUT2D eigenvalue weighted by Crippen LogP contribution is 2.19. The molecule has 2 amide bonds. The first-order chi connectivity index (χ1) is 15.6. The van der Waals surface area contributed by atoms with Crippen molar-refractivity contribution >= 4 is 23.2 Å². The molecular formula is C24H31N5O3. The van der Waals surface area contributed by atoms with E-state index >= 15 is 0 Å². The number of morpholine rings is 1. The highest BCUT2D eigenvalue weighted by Gasteiger charge is 2.32. The molecule has 2 heterocycles. The lowest BCUT2D eigenvalue weighted by Crippen LogP contribution is -2.59. The summed E-state index contributed by atoms with van der Waals surface area (Å²) in [5.74, 6) is -0.544. The van der Waals surface area contributed by atoms with Gasteiger partial charge in [-0.1, -0.05) is 30.3 Å². The van der Waals surface area contributed by atoms with E-state index in [1.807, 2.05) is 47.4 Å². The Hall–Kier alpha value is -2.94. The number of anilines is 2. The van der Waals surface area contributed by atoms with Crippen LogP contribution in [-0.2, 0) is 20.9 Å². The van der Waals surface area contributed by atoms with Gasteiger partial charge in [-0.2, -0.15) is 0 Å². The number of nitrogens with one attached hydrogen (secondary N) is 1. The van der Waals surface area contributed by atoms with E-state index in [4.69, 9.17) is 10.5 Å². The summed E-state index contributed by atoms with van der Waals surface area (Å²) in [6, 6.07) is 17.5. The summed E-state index contributed by atoms with van der Waals surface area (Å²) < 4.78 is 5.39. The summed E-state index contributed by atoms with van der Waals surface area (Å²) in [5.41, 5.74) is 8.73. The number of nitrogens with two attached hydrogens (primary N) is 1. The number of nitrogens with zero attached hydrogens (tertiary/aromatic N) is 3. The summed E-state index contributed by atoms with van der Waals surface area (Å²) in [4.78, 5) is 31.1. The molecule has 0 aliphatic carbocycles. The first-order valence-corrected chi connectivity index (χ1v) is 11.1. The lowest BCUT2D eigenvalue weighted by atomic mass is 10.1. The number of hydrogen-bond donors (Lipinski definition) is 2. The van der Waals surface area contributed by atoms with E-state index in [0.29, 0.717) is 13.1 Å². The number of benzene rings is 2. The van der Waals surface area contributed by atoms with E-state index in [-0.39, 0.29) is 12.5 Å². The molecule has 1 unspecified atom stereocenters. The Morgan fingerprint density at radius 1 is 0.969 bits per heavy atom. The van der Waals surface area contributed by atoms with E-state index < -0.39 is 11.9 Å². The number of ether oxygens (including phenoxy) is 1. The fourth-order valence-electron chi connectivity index (χ4n) is 4.28. The summed E-state index contributed by atoms with van der Waals surface area (Å²) in [6.45, 7) is 6.02. The molecule has 0 radical (unpaired) electrons. The highest BCUT2D eigenvalue weighted by molar-refractivity contribution is 5.93. The predicted octanol–water partition coefficient (Wildman–Crippen LogP) is 1.13. The Morgan fingerprint density at radius 3 is 2.38 bits per heavy atom. The van der Waals surface area contributed by atoms with Gasteiger partial charge in [-0.3, -0.25) is 19.4 Å². The molecule has 2 aliphatic heterocycles. The van der Waals surface area contributed by atoms with Crippen LogP contribution in [0.2, 0.25) is 0 Å². The third kappa shape index (κ3) is 5.85. The number of amides is 2. The van der Waals surface area contributed by atoms with Crippen molar-refractivity contribution in [3.8, 4) is 0 Å². The second-order valence-electron chi connectivity index (χ2n) is 8.30. The van der Waals surface area contributed by atoms with Crippen LogP contribution in [0.15, 0.2) is 54.6 Å². The summed E-state index contributed by atoms with van der Waals surface area (Å²) in [7, 11) is 0. The van der Waals surface area contributed by atoms with Gasteiger partial charge < -0.3 is 20.7 Å². The normalized spacial score (nSPS) is 20.1. The van der Waals surface area contributed by atoms with Gasteiger partial charge in [0.2, 0.25) is 11.8 Å². The Bertz CT molecular complexity index is 900.